The highest BCUT2D eigenvalue weighted by Crippen LogP contribution is 2.21. The van der Waals surface area contributed by atoms with Crippen LogP contribution in [0.1, 0.15) is 45.0 Å². The van der Waals surface area contributed by atoms with E-state index in [1.165, 1.54) is 52.0 Å². The number of hydroxylamine groups is 2. The summed E-state index contributed by atoms with van der Waals surface area (Å²) < 4.78 is 20.6. The van der Waals surface area contributed by atoms with E-state index in [-0.39, 0.29) is 49.6 Å². The number of carbonyl (C=O) groups excluding carboxylic acids is 5. The molecule has 0 aliphatic rings. The fourth-order valence-electron chi connectivity index (χ4n) is 2.54. The zero-order chi connectivity index (χ0) is 28.9. The molecule has 0 heterocycles. The predicted octanol–water partition coefficient (Wildman–Crippen LogP) is 3.37. The Morgan fingerprint density at radius 3 is 2.05 bits per heavy atom. The average Bonchev–Trinajstić information content (AvgIpc) is 2.86. The van der Waals surface area contributed by atoms with Crippen molar-refractivity contribution >= 4 is 29.9 Å². The highest BCUT2D eigenvalue weighted by atomic mass is 16.8. The van der Waals surface area contributed by atoms with Crippen molar-refractivity contribution in [1.29, 1.82) is 0 Å². The van der Waals surface area contributed by atoms with Crippen LogP contribution in [0.2, 0.25) is 0 Å². The third-order valence-corrected chi connectivity index (χ3v) is 4.58. The molecule has 0 aliphatic heterocycles. The van der Waals surface area contributed by atoms with E-state index in [1.807, 2.05) is 0 Å². The first kappa shape index (κ1) is 31.7. The molecule has 1 aromatic rings. The van der Waals surface area contributed by atoms with Crippen LogP contribution in [0.3, 0.4) is 0 Å². The summed E-state index contributed by atoms with van der Waals surface area (Å²) in [7, 11) is 0. The summed E-state index contributed by atoms with van der Waals surface area (Å²) in [5.74, 6) is -1.42. The molecule has 0 saturated carbocycles. The Kier molecular flexibility index (Phi) is 12.5. The summed E-state index contributed by atoms with van der Waals surface area (Å²) in [4.78, 5) is 64.8. The zero-order valence-electron chi connectivity index (χ0n) is 22.3. The standard InChI is InChI=1S/C26H34N2O10/c1-8-28(38-23(31)18(4)5)25(33)37-26(6,7)21(29)19-9-11-20(12-10-19)34-15-16-36-24(32)27-13-14-35-22(30)17(2)3/h9-12H,2,4,8,13-16H2,1,3,5-7H3,(H,27,32). The van der Waals surface area contributed by atoms with Crippen LogP contribution in [0.4, 0.5) is 9.59 Å². The molecular formula is C26H34N2O10. The number of esters is 1. The molecule has 1 rings (SSSR count). The summed E-state index contributed by atoms with van der Waals surface area (Å²) in [6.07, 6.45) is -1.70. The van der Waals surface area contributed by atoms with Crippen molar-refractivity contribution in [2.45, 2.75) is 40.2 Å². The van der Waals surface area contributed by atoms with E-state index in [9.17, 15) is 24.0 Å². The molecular weight excluding hydrogens is 500 g/mol. The van der Waals surface area contributed by atoms with Crippen LogP contribution in [0.15, 0.2) is 48.6 Å². The van der Waals surface area contributed by atoms with Crippen molar-refractivity contribution in [2.24, 2.45) is 0 Å². The molecule has 0 aromatic heterocycles. The normalized spacial score (nSPS) is 10.4. The SMILES string of the molecule is C=C(C)C(=O)OCCNC(=O)OCCOc1ccc(C(=O)C(C)(C)OC(=O)N(CC)OC(=O)C(=C)C)cc1. The van der Waals surface area contributed by atoms with Gasteiger partial charge >= 0.3 is 24.1 Å². The van der Waals surface area contributed by atoms with E-state index in [1.54, 1.807) is 6.92 Å². The number of alkyl carbamates (subject to hydrolysis) is 1. The van der Waals surface area contributed by atoms with Gasteiger partial charge in [-0.15, -0.1) is 5.06 Å². The second-order valence-electron chi connectivity index (χ2n) is 8.41. The number of rotatable bonds is 13. The molecule has 0 bridgehead atoms. The van der Waals surface area contributed by atoms with Crippen molar-refractivity contribution in [3.8, 4) is 5.75 Å². The number of ether oxygens (including phenoxy) is 4. The zero-order valence-corrected chi connectivity index (χ0v) is 22.3. The lowest BCUT2D eigenvalue weighted by molar-refractivity contribution is -0.178. The Morgan fingerprint density at radius 2 is 1.50 bits per heavy atom. The third-order valence-electron chi connectivity index (χ3n) is 4.58. The van der Waals surface area contributed by atoms with Crippen molar-refractivity contribution in [1.82, 2.24) is 10.4 Å². The van der Waals surface area contributed by atoms with E-state index in [0.29, 0.717) is 10.8 Å². The van der Waals surface area contributed by atoms with E-state index in [4.69, 9.17) is 23.8 Å². The molecule has 12 heteroatoms. The number of nitrogens with one attached hydrogen (secondary N) is 1. The van der Waals surface area contributed by atoms with Gasteiger partial charge in [0.1, 0.15) is 25.6 Å². The van der Waals surface area contributed by atoms with E-state index in [0.717, 1.165) is 0 Å². The predicted molar refractivity (Wildman–Crippen MR) is 135 cm³/mol. The number of nitrogens with zero attached hydrogens (tertiary/aromatic N) is 1. The average molecular weight is 535 g/mol. The van der Waals surface area contributed by atoms with E-state index >= 15 is 0 Å². The minimum Gasteiger partial charge on any atom is -0.490 e. The Labute approximate surface area is 221 Å². The largest absolute Gasteiger partial charge is 0.490 e. The second-order valence-corrected chi connectivity index (χ2v) is 8.41. The van der Waals surface area contributed by atoms with Crippen molar-refractivity contribution in [2.75, 3.05) is 32.9 Å². The Hall–Kier alpha value is -4.35. The summed E-state index contributed by atoms with van der Waals surface area (Å²) >= 11 is 0. The fraction of sp³-hybridized carbons (Fsp3) is 0.423. The van der Waals surface area contributed by atoms with Gasteiger partial charge in [-0.3, -0.25) is 4.79 Å². The van der Waals surface area contributed by atoms with Crippen LogP contribution in [0.25, 0.3) is 0 Å². The second kappa shape index (κ2) is 15.0. The van der Waals surface area contributed by atoms with Gasteiger partial charge in [-0.2, -0.15) is 0 Å². The van der Waals surface area contributed by atoms with Crippen LogP contribution in [-0.2, 0) is 28.6 Å². The van der Waals surface area contributed by atoms with Crippen LogP contribution in [0, 0.1) is 0 Å². The molecule has 0 saturated heterocycles. The molecule has 0 aliphatic carbocycles. The number of ketones is 1. The van der Waals surface area contributed by atoms with Gasteiger partial charge in [-0.25, -0.2) is 19.2 Å². The van der Waals surface area contributed by atoms with Crippen LogP contribution in [-0.4, -0.2) is 73.5 Å². The first-order valence-corrected chi connectivity index (χ1v) is 11.7. The molecule has 0 spiro atoms. The maximum Gasteiger partial charge on any atom is 0.444 e. The van der Waals surface area contributed by atoms with Gasteiger partial charge < -0.3 is 29.1 Å². The Balaban J connectivity index is 2.50. The van der Waals surface area contributed by atoms with Gasteiger partial charge in [0.25, 0.3) is 0 Å². The minimum atomic E-state index is -1.56. The Bertz CT molecular complexity index is 1050. The molecule has 208 valence electrons. The molecule has 0 atom stereocenters. The molecule has 0 fully saturated rings. The van der Waals surface area contributed by atoms with Gasteiger partial charge in [0.05, 0.1) is 13.1 Å². The minimum absolute atomic E-state index is 0.00438. The van der Waals surface area contributed by atoms with Crippen molar-refractivity contribution in [3.05, 3.63) is 54.1 Å². The third kappa shape index (κ3) is 10.7. The van der Waals surface area contributed by atoms with Gasteiger partial charge in [-0.1, -0.05) is 13.2 Å². The van der Waals surface area contributed by atoms with Crippen LogP contribution >= 0.6 is 0 Å². The summed E-state index contributed by atoms with van der Waals surface area (Å²) in [5.41, 5.74) is -0.953. The highest BCUT2D eigenvalue weighted by Gasteiger charge is 2.35. The number of hydrogen-bond donors (Lipinski definition) is 1. The number of Topliss-reactive ketones (excluding diaryl/α,β-unsaturated/α-hetero) is 1. The van der Waals surface area contributed by atoms with Gasteiger partial charge in [0.15, 0.2) is 5.60 Å². The number of carbonyl (C=O) groups is 5. The van der Waals surface area contributed by atoms with Gasteiger partial charge in [0, 0.05) is 16.7 Å². The lowest BCUT2D eigenvalue weighted by Gasteiger charge is -2.27. The Morgan fingerprint density at radius 1 is 0.895 bits per heavy atom. The molecule has 1 aromatic carbocycles. The fourth-order valence-corrected chi connectivity index (χ4v) is 2.54. The molecule has 2 amide bonds. The first-order chi connectivity index (χ1) is 17.8. The smallest absolute Gasteiger partial charge is 0.444 e. The quantitative estimate of drug-likeness (QED) is 0.0997. The number of benzene rings is 1. The lowest BCUT2D eigenvalue weighted by atomic mass is 9.96. The van der Waals surface area contributed by atoms with Crippen LogP contribution in [0.5, 0.6) is 5.75 Å². The number of hydrogen-bond acceptors (Lipinski definition) is 10. The van der Waals surface area contributed by atoms with Gasteiger partial charge in [-0.05, 0) is 58.9 Å². The highest BCUT2D eigenvalue weighted by molar-refractivity contribution is 6.03. The summed E-state index contributed by atoms with van der Waals surface area (Å²) in [6, 6.07) is 6.06. The summed E-state index contributed by atoms with van der Waals surface area (Å²) in [5, 5.41) is 3.12. The topological polar surface area (TPSA) is 147 Å². The molecule has 1 N–H and O–H groups in total. The van der Waals surface area contributed by atoms with Crippen LogP contribution < -0.4 is 10.1 Å². The van der Waals surface area contributed by atoms with Crippen molar-refractivity contribution in [3.63, 3.8) is 0 Å². The van der Waals surface area contributed by atoms with Crippen molar-refractivity contribution < 1.29 is 47.8 Å². The first-order valence-electron chi connectivity index (χ1n) is 11.7. The molecule has 0 radical (unpaired) electrons. The lowest BCUT2D eigenvalue weighted by Crippen LogP contribution is -2.43. The van der Waals surface area contributed by atoms with E-state index < -0.39 is 35.5 Å². The maximum absolute atomic E-state index is 12.9. The monoisotopic (exact) mass is 534 g/mol. The molecule has 12 nitrogen and oxygen atoms in total. The van der Waals surface area contributed by atoms with E-state index in [2.05, 4.69) is 18.5 Å². The number of amides is 2. The summed E-state index contributed by atoms with van der Waals surface area (Å²) in [6.45, 7) is 14.3. The maximum atomic E-state index is 12.9. The van der Waals surface area contributed by atoms with Gasteiger partial charge in [0.2, 0.25) is 5.78 Å². The molecule has 0 unspecified atom stereocenters. The molecule has 38 heavy (non-hydrogen) atoms.